The van der Waals surface area contributed by atoms with E-state index in [0.717, 1.165) is 42.7 Å². The number of rotatable bonds is 4. The normalized spacial score (nSPS) is 14.6. The average Bonchev–Trinajstić information content (AvgIpc) is 3.24. The van der Waals surface area contributed by atoms with E-state index in [2.05, 4.69) is 62.3 Å². The maximum Gasteiger partial charge on any atom is 0.295 e. The van der Waals surface area contributed by atoms with Crippen LogP contribution in [0, 0.1) is 13.8 Å². The van der Waals surface area contributed by atoms with Crippen LogP contribution in [-0.4, -0.2) is 49.6 Å². The number of anilines is 2. The number of amides is 1. The number of aryl methyl sites for hydroxylation is 2. The first-order chi connectivity index (χ1) is 16.0. The van der Waals surface area contributed by atoms with Crippen molar-refractivity contribution < 1.29 is 4.79 Å². The lowest BCUT2D eigenvalue weighted by atomic mass is 9.98. The SMILES string of the molecule is Cc1cc(C)cc(-c2cncc(NC(=O)c3nc4ncccn4n3)c2N2CCC(N)CC2)c1. The van der Waals surface area contributed by atoms with Gasteiger partial charge in [0.1, 0.15) is 0 Å². The Morgan fingerprint density at radius 3 is 2.61 bits per heavy atom. The van der Waals surface area contributed by atoms with Crippen LogP contribution in [-0.2, 0) is 0 Å². The van der Waals surface area contributed by atoms with Gasteiger partial charge in [0.25, 0.3) is 11.7 Å². The van der Waals surface area contributed by atoms with E-state index in [1.54, 1.807) is 24.7 Å². The summed E-state index contributed by atoms with van der Waals surface area (Å²) in [6.07, 6.45) is 8.64. The van der Waals surface area contributed by atoms with E-state index in [0.29, 0.717) is 11.5 Å². The van der Waals surface area contributed by atoms with Crippen LogP contribution in [0.1, 0.15) is 34.6 Å². The molecule has 0 unspecified atom stereocenters. The summed E-state index contributed by atoms with van der Waals surface area (Å²) in [6, 6.07) is 8.36. The molecule has 0 atom stereocenters. The highest BCUT2D eigenvalue weighted by Gasteiger charge is 2.24. The lowest BCUT2D eigenvalue weighted by Gasteiger charge is -2.34. The van der Waals surface area contributed by atoms with Crippen molar-refractivity contribution >= 4 is 23.1 Å². The van der Waals surface area contributed by atoms with Crippen molar-refractivity contribution in [2.24, 2.45) is 5.73 Å². The minimum absolute atomic E-state index is 0.0529. The van der Waals surface area contributed by atoms with Crippen LogP contribution in [0.3, 0.4) is 0 Å². The first kappa shape index (κ1) is 21.0. The lowest BCUT2D eigenvalue weighted by Crippen LogP contribution is -2.40. The average molecular weight is 443 g/mol. The van der Waals surface area contributed by atoms with Gasteiger partial charge >= 0.3 is 0 Å². The zero-order chi connectivity index (χ0) is 22.9. The molecule has 1 fully saturated rings. The fourth-order valence-electron chi connectivity index (χ4n) is 4.36. The fourth-order valence-corrected chi connectivity index (χ4v) is 4.36. The highest BCUT2D eigenvalue weighted by atomic mass is 16.2. The van der Waals surface area contributed by atoms with Gasteiger partial charge in [-0.25, -0.2) is 9.50 Å². The van der Waals surface area contributed by atoms with Gasteiger partial charge in [-0.1, -0.05) is 29.3 Å². The van der Waals surface area contributed by atoms with Crippen LogP contribution >= 0.6 is 0 Å². The van der Waals surface area contributed by atoms with E-state index in [1.165, 1.54) is 15.6 Å². The third-order valence-electron chi connectivity index (χ3n) is 5.87. The molecule has 1 aromatic carbocycles. The molecule has 4 heterocycles. The van der Waals surface area contributed by atoms with Crippen LogP contribution < -0.4 is 16.0 Å². The number of nitrogens with two attached hydrogens (primary N) is 1. The first-order valence-electron chi connectivity index (χ1n) is 11.0. The Morgan fingerprint density at radius 1 is 1.12 bits per heavy atom. The number of fused-ring (bicyclic) bond motifs is 1. The van der Waals surface area contributed by atoms with E-state index in [1.807, 2.05) is 6.20 Å². The molecule has 9 heteroatoms. The Bertz CT molecular complexity index is 1270. The maximum atomic E-state index is 13.1. The molecule has 1 aliphatic heterocycles. The largest absolute Gasteiger partial charge is 0.369 e. The predicted molar refractivity (Wildman–Crippen MR) is 127 cm³/mol. The number of benzene rings is 1. The van der Waals surface area contributed by atoms with Crippen LogP contribution in [0.2, 0.25) is 0 Å². The Hall–Kier alpha value is -3.85. The Balaban J connectivity index is 1.56. The second-order valence-corrected chi connectivity index (χ2v) is 8.54. The molecular formula is C24H26N8O. The molecule has 168 valence electrons. The Morgan fingerprint density at radius 2 is 1.88 bits per heavy atom. The van der Waals surface area contributed by atoms with Crippen molar-refractivity contribution in [3.63, 3.8) is 0 Å². The van der Waals surface area contributed by atoms with Crippen LogP contribution in [0.25, 0.3) is 16.9 Å². The van der Waals surface area contributed by atoms with Gasteiger partial charge in [0.05, 0.1) is 17.6 Å². The van der Waals surface area contributed by atoms with Gasteiger partial charge in [-0.15, -0.1) is 5.10 Å². The van der Waals surface area contributed by atoms with E-state index < -0.39 is 5.91 Å². The summed E-state index contributed by atoms with van der Waals surface area (Å²) in [5, 5.41) is 7.24. The smallest absolute Gasteiger partial charge is 0.295 e. The number of nitrogens with one attached hydrogen (secondary N) is 1. The third-order valence-corrected chi connectivity index (χ3v) is 5.87. The van der Waals surface area contributed by atoms with Gasteiger partial charge in [0.15, 0.2) is 0 Å². The number of aromatic nitrogens is 5. The monoisotopic (exact) mass is 442 g/mol. The molecule has 1 amide bonds. The number of hydrogen-bond donors (Lipinski definition) is 2. The molecule has 0 saturated carbocycles. The van der Waals surface area contributed by atoms with Gasteiger partial charge in [-0.05, 0) is 38.3 Å². The molecule has 33 heavy (non-hydrogen) atoms. The summed E-state index contributed by atoms with van der Waals surface area (Å²) in [5.74, 6) is 0.0157. The molecule has 0 bridgehead atoms. The summed E-state index contributed by atoms with van der Waals surface area (Å²) in [5.41, 5.74) is 12.1. The minimum atomic E-state index is -0.408. The number of carbonyl (C=O) groups is 1. The molecule has 4 aromatic rings. The minimum Gasteiger partial charge on any atom is -0.369 e. The third kappa shape index (κ3) is 4.27. The molecule has 1 saturated heterocycles. The summed E-state index contributed by atoms with van der Waals surface area (Å²) in [7, 11) is 0. The van der Waals surface area contributed by atoms with Crippen molar-refractivity contribution in [2.75, 3.05) is 23.3 Å². The summed E-state index contributed by atoms with van der Waals surface area (Å²) >= 11 is 0. The van der Waals surface area contributed by atoms with Crippen molar-refractivity contribution in [2.45, 2.75) is 32.7 Å². The molecule has 0 aliphatic carbocycles. The van der Waals surface area contributed by atoms with E-state index in [9.17, 15) is 4.79 Å². The van der Waals surface area contributed by atoms with Crippen molar-refractivity contribution in [1.29, 1.82) is 0 Å². The number of nitrogens with zero attached hydrogens (tertiary/aromatic N) is 6. The van der Waals surface area contributed by atoms with E-state index >= 15 is 0 Å². The van der Waals surface area contributed by atoms with Crippen LogP contribution in [0.5, 0.6) is 0 Å². The fraction of sp³-hybridized carbons (Fsp3) is 0.292. The second-order valence-electron chi connectivity index (χ2n) is 8.54. The van der Waals surface area contributed by atoms with Gasteiger partial charge in [-0.3, -0.25) is 9.78 Å². The molecule has 0 spiro atoms. The molecule has 3 aromatic heterocycles. The number of pyridine rings is 1. The summed E-state index contributed by atoms with van der Waals surface area (Å²) in [6.45, 7) is 5.78. The van der Waals surface area contributed by atoms with Gasteiger partial charge < -0.3 is 16.0 Å². The van der Waals surface area contributed by atoms with Gasteiger partial charge in [0.2, 0.25) is 5.82 Å². The molecule has 3 N–H and O–H groups in total. The van der Waals surface area contributed by atoms with E-state index in [-0.39, 0.29) is 11.9 Å². The van der Waals surface area contributed by atoms with Crippen molar-refractivity contribution in [1.82, 2.24) is 24.6 Å². The quantitative estimate of drug-likeness (QED) is 0.499. The zero-order valence-electron chi connectivity index (χ0n) is 18.7. The van der Waals surface area contributed by atoms with Crippen LogP contribution in [0.15, 0.2) is 49.1 Å². The number of piperidine rings is 1. The Labute approximate surface area is 191 Å². The molecular weight excluding hydrogens is 416 g/mol. The van der Waals surface area contributed by atoms with Gasteiger partial charge in [-0.2, -0.15) is 4.98 Å². The summed E-state index contributed by atoms with van der Waals surface area (Å²) in [4.78, 5) is 28.2. The second kappa shape index (κ2) is 8.59. The molecule has 1 aliphatic rings. The lowest BCUT2D eigenvalue weighted by molar-refractivity contribution is 0.101. The predicted octanol–water partition coefficient (Wildman–Crippen LogP) is 2.98. The highest BCUT2D eigenvalue weighted by molar-refractivity contribution is 6.05. The van der Waals surface area contributed by atoms with E-state index in [4.69, 9.17) is 5.73 Å². The summed E-state index contributed by atoms with van der Waals surface area (Å²) < 4.78 is 1.48. The van der Waals surface area contributed by atoms with Crippen molar-refractivity contribution in [3.05, 3.63) is 66.0 Å². The zero-order valence-corrected chi connectivity index (χ0v) is 18.7. The standard InChI is InChI=1S/C24H26N8O/c1-15-10-16(2)12-17(11-15)19-13-26-14-20(21(19)31-8-4-18(25)5-9-31)28-23(33)22-29-24-27-6-3-7-32(24)30-22/h3,6-7,10-14,18H,4-5,8-9,25H2,1-2H3,(H,28,33). The number of hydrogen-bond acceptors (Lipinski definition) is 7. The molecule has 0 radical (unpaired) electrons. The Kier molecular flexibility index (Phi) is 5.47. The van der Waals surface area contributed by atoms with Gasteiger partial charge in [0, 0.05) is 43.3 Å². The van der Waals surface area contributed by atoms with Crippen molar-refractivity contribution in [3.8, 4) is 11.1 Å². The maximum absolute atomic E-state index is 13.1. The number of carbonyl (C=O) groups excluding carboxylic acids is 1. The first-order valence-corrected chi connectivity index (χ1v) is 11.0. The topological polar surface area (TPSA) is 114 Å². The van der Waals surface area contributed by atoms with Crippen LogP contribution in [0.4, 0.5) is 11.4 Å². The molecule has 9 nitrogen and oxygen atoms in total. The molecule has 5 rings (SSSR count). The highest BCUT2D eigenvalue weighted by Crippen LogP contribution is 2.38.